The molecule has 0 saturated carbocycles. The molecule has 1 heterocycles. The SMILES string of the molecule is CON=CC1=CCCN(C(=O)OCC(=O)O)C1. The van der Waals surface area contributed by atoms with Crippen LogP contribution in [0.25, 0.3) is 0 Å². The number of carboxylic acids is 1. The Balaban J connectivity index is 2.46. The van der Waals surface area contributed by atoms with Gasteiger partial charge in [0.25, 0.3) is 0 Å². The fourth-order valence-corrected chi connectivity index (χ4v) is 1.35. The van der Waals surface area contributed by atoms with Crippen molar-refractivity contribution < 1.29 is 24.3 Å². The van der Waals surface area contributed by atoms with E-state index in [2.05, 4.69) is 14.7 Å². The molecule has 7 nitrogen and oxygen atoms in total. The number of carbonyl (C=O) groups is 2. The van der Waals surface area contributed by atoms with Gasteiger partial charge in [-0.1, -0.05) is 11.2 Å². The summed E-state index contributed by atoms with van der Waals surface area (Å²) in [7, 11) is 1.43. The van der Waals surface area contributed by atoms with Crippen molar-refractivity contribution in [1.29, 1.82) is 0 Å². The fraction of sp³-hybridized carbons (Fsp3) is 0.500. The van der Waals surface area contributed by atoms with E-state index in [0.29, 0.717) is 19.5 Å². The van der Waals surface area contributed by atoms with E-state index in [0.717, 1.165) is 5.57 Å². The monoisotopic (exact) mass is 242 g/mol. The Morgan fingerprint density at radius 1 is 1.65 bits per heavy atom. The summed E-state index contributed by atoms with van der Waals surface area (Å²) in [4.78, 5) is 27.7. The molecule has 0 aliphatic carbocycles. The maximum absolute atomic E-state index is 11.5. The number of amides is 1. The molecule has 0 atom stereocenters. The zero-order valence-corrected chi connectivity index (χ0v) is 9.46. The molecule has 7 heteroatoms. The molecule has 1 amide bonds. The van der Waals surface area contributed by atoms with E-state index >= 15 is 0 Å². The summed E-state index contributed by atoms with van der Waals surface area (Å²) in [6.07, 6.45) is 3.48. The van der Waals surface area contributed by atoms with Gasteiger partial charge in [-0.15, -0.1) is 0 Å². The van der Waals surface area contributed by atoms with Crippen LogP contribution in [-0.4, -0.2) is 55.1 Å². The summed E-state index contributed by atoms with van der Waals surface area (Å²) in [6, 6.07) is 0. The number of rotatable bonds is 4. The summed E-state index contributed by atoms with van der Waals surface area (Å²) in [5.41, 5.74) is 0.824. The van der Waals surface area contributed by atoms with Gasteiger partial charge in [0.2, 0.25) is 0 Å². The van der Waals surface area contributed by atoms with Crippen LogP contribution >= 0.6 is 0 Å². The lowest BCUT2D eigenvalue weighted by Crippen LogP contribution is -2.37. The highest BCUT2D eigenvalue weighted by atomic mass is 16.6. The van der Waals surface area contributed by atoms with E-state index in [1.807, 2.05) is 6.08 Å². The van der Waals surface area contributed by atoms with Gasteiger partial charge in [-0.3, -0.25) is 0 Å². The number of hydrogen-bond donors (Lipinski definition) is 1. The molecule has 0 aromatic heterocycles. The molecule has 17 heavy (non-hydrogen) atoms. The van der Waals surface area contributed by atoms with Crippen molar-refractivity contribution in [2.75, 3.05) is 26.8 Å². The highest BCUT2D eigenvalue weighted by Gasteiger charge is 2.19. The highest BCUT2D eigenvalue weighted by Crippen LogP contribution is 2.09. The molecule has 0 aromatic rings. The number of ether oxygens (including phenoxy) is 1. The van der Waals surface area contributed by atoms with Crippen molar-refractivity contribution in [3.8, 4) is 0 Å². The molecule has 1 aliphatic heterocycles. The number of oxime groups is 1. The maximum atomic E-state index is 11.5. The predicted octanol–water partition coefficient (Wildman–Crippen LogP) is 0.472. The van der Waals surface area contributed by atoms with Gasteiger partial charge in [0, 0.05) is 6.54 Å². The second-order valence-corrected chi connectivity index (χ2v) is 3.35. The maximum Gasteiger partial charge on any atom is 0.410 e. The van der Waals surface area contributed by atoms with E-state index in [-0.39, 0.29) is 0 Å². The fourth-order valence-electron chi connectivity index (χ4n) is 1.35. The standard InChI is InChI=1S/C10H14N2O5/c1-16-11-5-8-3-2-4-12(6-8)10(15)17-7-9(13)14/h3,5H,2,4,6-7H2,1H3,(H,13,14). The van der Waals surface area contributed by atoms with Gasteiger partial charge in [-0.2, -0.15) is 0 Å². The minimum absolute atomic E-state index is 0.339. The van der Waals surface area contributed by atoms with Crippen LogP contribution in [0, 0.1) is 0 Å². The number of nitrogens with zero attached hydrogens (tertiary/aromatic N) is 2. The third kappa shape index (κ3) is 4.54. The van der Waals surface area contributed by atoms with E-state index in [1.54, 1.807) is 0 Å². The molecule has 0 bridgehead atoms. The van der Waals surface area contributed by atoms with Gasteiger partial charge in [0.15, 0.2) is 6.61 Å². The summed E-state index contributed by atoms with van der Waals surface area (Å²) >= 11 is 0. The first-order chi connectivity index (χ1) is 8.13. The van der Waals surface area contributed by atoms with Gasteiger partial charge in [0.05, 0.1) is 12.8 Å². The van der Waals surface area contributed by atoms with Crippen LogP contribution in [0.2, 0.25) is 0 Å². The molecule has 0 spiro atoms. The Kier molecular flexibility index (Phi) is 4.99. The minimum Gasteiger partial charge on any atom is -0.479 e. The van der Waals surface area contributed by atoms with Gasteiger partial charge < -0.3 is 19.6 Å². The van der Waals surface area contributed by atoms with Crippen molar-refractivity contribution in [1.82, 2.24) is 4.90 Å². The number of carbonyl (C=O) groups excluding carboxylic acids is 1. The summed E-state index contributed by atoms with van der Waals surface area (Å²) in [5, 5.41) is 12.0. The van der Waals surface area contributed by atoms with Crippen LogP contribution in [-0.2, 0) is 14.4 Å². The van der Waals surface area contributed by atoms with Crippen LogP contribution in [0.3, 0.4) is 0 Å². The zero-order valence-electron chi connectivity index (χ0n) is 9.46. The van der Waals surface area contributed by atoms with Crippen LogP contribution < -0.4 is 0 Å². The Morgan fingerprint density at radius 3 is 3.06 bits per heavy atom. The van der Waals surface area contributed by atoms with Crippen molar-refractivity contribution in [2.45, 2.75) is 6.42 Å². The third-order valence-electron chi connectivity index (χ3n) is 2.08. The predicted molar refractivity (Wildman–Crippen MR) is 58.8 cm³/mol. The van der Waals surface area contributed by atoms with Crippen LogP contribution in [0.4, 0.5) is 4.79 Å². The van der Waals surface area contributed by atoms with Crippen molar-refractivity contribution >= 4 is 18.3 Å². The van der Waals surface area contributed by atoms with E-state index in [1.165, 1.54) is 18.2 Å². The summed E-state index contributed by atoms with van der Waals surface area (Å²) in [5.74, 6) is -1.17. The lowest BCUT2D eigenvalue weighted by Gasteiger charge is -2.24. The van der Waals surface area contributed by atoms with Crippen molar-refractivity contribution in [3.63, 3.8) is 0 Å². The smallest absolute Gasteiger partial charge is 0.410 e. The molecule has 1 N–H and O–H groups in total. The average Bonchev–Trinajstić information content (AvgIpc) is 2.33. The highest BCUT2D eigenvalue weighted by molar-refractivity contribution is 5.81. The minimum atomic E-state index is -1.17. The molecule has 0 unspecified atom stereocenters. The van der Waals surface area contributed by atoms with Gasteiger partial charge in [-0.25, -0.2) is 9.59 Å². The normalized spacial score (nSPS) is 15.6. The van der Waals surface area contributed by atoms with Crippen molar-refractivity contribution in [2.24, 2.45) is 5.16 Å². The van der Waals surface area contributed by atoms with Crippen LogP contribution in [0.15, 0.2) is 16.8 Å². The summed E-state index contributed by atoms with van der Waals surface area (Å²) < 4.78 is 4.58. The van der Waals surface area contributed by atoms with Gasteiger partial charge in [0.1, 0.15) is 7.11 Å². The zero-order chi connectivity index (χ0) is 12.7. The molecule has 0 aromatic carbocycles. The molecule has 94 valence electrons. The second-order valence-electron chi connectivity index (χ2n) is 3.35. The largest absolute Gasteiger partial charge is 0.479 e. The Hall–Kier alpha value is -2.05. The third-order valence-corrected chi connectivity index (χ3v) is 2.08. The Morgan fingerprint density at radius 2 is 2.41 bits per heavy atom. The molecule has 1 rings (SSSR count). The molecular weight excluding hydrogens is 228 g/mol. The van der Waals surface area contributed by atoms with E-state index < -0.39 is 18.7 Å². The van der Waals surface area contributed by atoms with E-state index in [9.17, 15) is 9.59 Å². The number of carboxylic acid groups (broad SMARTS) is 1. The number of aliphatic carboxylic acids is 1. The number of hydrogen-bond acceptors (Lipinski definition) is 5. The summed E-state index contributed by atoms with van der Waals surface area (Å²) in [6.45, 7) is 0.217. The first kappa shape index (κ1) is 13.0. The first-order valence-electron chi connectivity index (χ1n) is 5.02. The Bertz CT molecular complexity index is 351. The molecule has 0 radical (unpaired) electrons. The lowest BCUT2D eigenvalue weighted by atomic mass is 10.1. The van der Waals surface area contributed by atoms with Gasteiger partial charge >= 0.3 is 12.1 Å². The Labute approximate surface area is 98.3 Å². The molecule has 0 fully saturated rings. The first-order valence-corrected chi connectivity index (χ1v) is 5.02. The molecular formula is C10H14N2O5. The average molecular weight is 242 g/mol. The molecule has 1 aliphatic rings. The van der Waals surface area contributed by atoms with Crippen LogP contribution in [0.5, 0.6) is 0 Å². The second kappa shape index (κ2) is 6.51. The van der Waals surface area contributed by atoms with Gasteiger partial charge in [-0.05, 0) is 12.0 Å². The van der Waals surface area contributed by atoms with E-state index in [4.69, 9.17) is 5.11 Å². The topological polar surface area (TPSA) is 88.4 Å². The lowest BCUT2D eigenvalue weighted by molar-refractivity contribution is -0.140. The van der Waals surface area contributed by atoms with Crippen molar-refractivity contribution in [3.05, 3.63) is 11.6 Å². The van der Waals surface area contributed by atoms with Crippen LogP contribution in [0.1, 0.15) is 6.42 Å². The molecule has 0 saturated heterocycles. The quantitative estimate of drug-likeness (QED) is 0.572.